The van der Waals surface area contributed by atoms with Gasteiger partial charge in [0.2, 0.25) is 0 Å². The molecule has 1 aromatic carbocycles. The number of rotatable bonds is 4. The van der Waals surface area contributed by atoms with Gasteiger partial charge < -0.3 is 9.57 Å². The molecule has 13 heavy (non-hydrogen) atoms. The Kier molecular flexibility index (Phi) is 3.82. The summed E-state index contributed by atoms with van der Waals surface area (Å²) in [5.41, 5.74) is 1.15. The lowest BCUT2D eigenvalue weighted by atomic mass is 10.1. The van der Waals surface area contributed by atoms with Crippen LogP contribution in [0.4, 0.5) is 0 Å². The summed E-state index contributed by atoms with van der Waals surface area (Å²) in [6.07, 6.45) is 2.47. The van der Waals surface area contributed by atoms with Crippen molar-refractivity contribution in [3.05, 3.63) is 29.8 Å². The summed E-state index contributed by atoms with van der Waals surface area (Å²) in [5, 5.41) is 3.66. The summed E-state index contributed by atoms with van der Waals surface area (Å²) >= 11 is 0. The van der Waals surface area contributed by atoms with Crippen molar-refractivity contribution in [2.45, 2.75) is 6.42 Å². The predicted molar refractivity (Wildman–Crippen MR) is 52.2 cm³/mol. The molecule has 0 aliphatic heterocycles. The largest absolute Gasteiger partial charge is 0.497 e. The molecule has 70 valence electrons. The Balaban J connectivity index is 2.61. The van der Waals surface area contributed by atoms with E-state index in [1.165, 1.54) is 7.11 Å². The van der Waals surface area contributed by atoms with Crippen LogP contribution in [0.3, 0.4) is 0 Å². The van der Waals surface area contributed by atoms with Gasteiger partial charge in [0.15, 0.2) is 0 Å². The van der Waals surface area contributed by atoms with Crippen molar-refractivity contribution >= 4 is 6.21 Å². The Morgan fingerprint density at radius 2 is 2.23 bits per heavy atom. The standard InChI is InChI=1S/C10H13NO2/c1-12-10-5-3-4-9(8-10)6-7-11-13-2/h3-5,7-8H,6H2,1-2H3. The molecule has 0 aromatic heterocycles. The van der Waals surface area contributed by atoms with Gasteiger partial charge in [-0.1, -0.05) is 17.3 Å². The second-order valence-corrected chi connectivity index (χ2v) is 2.53. The van der Waals surface area contributed by atoms with Crippen molar-refractivity contribution in [3.8, 4) is 5.75 Å². The Morgan fingerprint density at radius 3 is 2.92 bits per heavy atom. The van der Waals surface area contributed by atoms with Gasteiger partial charge >= 0.3 is 0 Å². The summed E-state index contributed by atoms with van der Waals surface area (Å²) in [4.78, 5) is 4.56. The molecule has 0 amide bonds. The maximum absolute atomic E-state index is 5.09. The minimum Gasteiger partial charge on any atom is -0.497 e. The zero-order valence-electron chi connectivity index (χ0n) is 7.86. The van der Waals surface area contributed by atoms with Crippen molar-refractivity contribution < 1.29 is 9.57 Å². The first kappa shape index (κ1) is 9.58. The molecule has 0 aliphatic rings. The van der Waals surface area contributed by atoms with E-state index in [2.05, 4.69) is 9.99 Å². The molecule has 0 bridgehead atoms. The van der Waals surface area contributed by atoms with Crippen LogP contribution in [0.2, 0.25) is 0 Å². The van der Waals surface area contributed by atoms with Gasteiger partial charge in [0.05, 0.1) is 7.11 Å². The minimum absolute atomic E-state index is 0.755. The van der Waals surface area contributed by atoms with E-state index in [9.17, 15) is 0 Å². The highest BCUT2D eigenvalue weighted by molar-refractivity contribution is 5.61. The Bertz CT molecular complexity index is 284. The van der Waals surface area contributed by atoms with E-state index in [1.54, 1.807) is 13.3 Å². The number of nitrogens with zero attached hydrogens (tertiary/aromatic N) is 1. The van der Waals surface area contributed by atoms with Crippen LogP contribution in [-0.2, 0) is 11.3 Å². The van der Waals surface area contributed by atoms with Gasteiger partial charge in [-0.05, 0) is 17.7 Å². The molecule has 0 N–H and O–H groups in total. The maximum atomic E-state index is 5.09. The number of ether oxygens (including phenoxy) is 1. The van der Waals surface area contributed by atoms with Crippen LogP contribution in [0.25, 0.3) is 0 Å². The topological polar surface area (TPSA) is 30.8 Å². The molecule has 0 saturated heterocycles. The molecule has 0 radical (unpaired) electrons. The van der Waals surface area contributed by atoms with Crippen LogP contribution in [0, 0.1) is 0 Å². The normalized spacial score (nSPS) is 10.3. The Hall–Kier alpha value is -1.51. The van der Waals surface area contributed by atoms with Crippen molar-refractivity contribution in [3.63, 3.8) is 0 Å². The van der Waals surface area contributed by atoms with Crippen molar-refractivity contribution in [2.24, 2.45) is 5.16 Å². The third-order valence-electron chi connectivity index (χ3n) is 1.64. The fourth-order valence-corrected chi connectivity index (χ4v) is 1.02. The van der Waals surface area contributed by atoms with Crippen LogP contribution in [0.15, 0.2) is 29.4 Å². The molecule has 0 aliphatic carbocycles. The molecular weight excluding hydrogens is 166 g/mol. The van der Waals surface area contributed by atoms with Crippen LogP contribution >= 0.6 is 0 Å². The molecule has 3 nitrogen and oxygen atoms in total. The zero-order chi connectivity index (χ0) is 9.52. The lowest BCUT2D eigenvalue weighted by molar-refractivity contribution is 0.215. The van der Waals surface area contributed by atoms with E-state index in [4.69, 9.17) is 4.74 Å². The summed E-state index contributed by atoms with van der Waals surface area (Å²) in [5.74, 6) is 0.864. The van der Waals surface area contributed by atoms with Gasteiger partial charge in [0.25, 0.3) is 0 Å². The van der Waals surface area contributed by atoms with Crippen LogP contribution in [-0.4, -0.2) is 20.4 Å². The van der Waals surface area contributed by atoms with Crippen molar-refractivity contribution in [1.29, 1.82) is 0 Å². The zero-order valence-corrected chi connectivity index (χ0v) is 7.86. The first-order valence-corrected chi connectivity index (χ1v) is 4.04. The molecule has 0 saturated carbocycles. The van der Waals surface area contributed by atoms with E-state index in [0.29, 0.717) is 0 Å². The third-order valence-corrected chi connectivity index (χ3v) is 1.64. The first-order valence-electron chi connectivity index (χ1n) is 4.04. The minimum atomic E-state index is 0.755. The number of hydrogen-bond donors (Lipinski definition) is 0. The molecule has 0 unspecified atom stereocenters. The second kappa shape index (κ2) is 5.19. The predicted octanol–water partition coefficient (Wildman–Crippen LogP) is 1.87. The van der Waals surface area contributed by atoms with E-state index in [0.717, 1.165) is 17.7 Å². The number of benzene rings is 1. The molecule has 1 aromatic rings. The number of hydrogen-bond acceptors (Lipinski definition) is 3. The highest BCUT2D eigenvalue weighted by Crippen LogP contribution is 2.12. The molecule has 0 heterocycles. The number of oxime groups is 1. The lowest BCUT2D eigenvalue weighted by Crippen LogP contribution is -1.88. The quantitative estimate of drug-likeness (QED) is 0.522. The smallest absolute Gasteiger partial charge is 0.119 e. The lowest BCUT2D eigenvalue weighted by Gasteiger charge is -2.00. The molecule has 0 spiro atoms. The summed E-state index contributed by atoms with van der Waals surface area (Å²) < 4.78 is 5.09. The summed E-state index contributed by atoms with van der Waals surface area (Å²) in [6.45, 7) is 0. The fraction of sp³-hybridized carbons (Fsp3) is 0.300. The Morgan fingerprint density at radius 1 is 1.38 bits per heavy atom. The Labute approximate surface area is 78.0 Å². The second-order valence-electron chi connectivity index (χ2n) is 2.53. The summed E-state index contributed by atoms with van der Waals surface area (Å²) in [7, 11) is 3.18. The monoisotopic (exact) mass is 179 g/mol. The SMILES string of the molecule is CON=CCc1cccc(OC)c1. The molecule has 0 atom stereocenters. The van der Waals surface area contributed by atoms with Gasteiger partial charge in [-0.15, -0.1) is 0 Å². The van der Waals surface area contributed by atoms with E-state index in [-0.39, 0.29) is 0 Å². The van der Waals surface area contributed by atoms with Crippen LogP contribution in [0.5, 0.6) is 5.75 Å². The van der Waals surface area contributed by atoms with Crippen LogP contribution in [0.1, 0.15) is 5.56 Å². The maximum Gasteiger partial charge on any atom is 0.119 e. The molecule has 0 fully saturated rings. The van der Waals surface area contributed by atoms with Gasteiger partial charge in [-0.3, -0.25) is 0 Å². The number of methoxy groups -OCH3 is 1. The highest BCUT2D eigenvalue weighted by atomic mass is 16.6. The van der Waals surface area contributed by atoms with Gasteiger partial charge in [0, 0.05) is 12.6 Å². The third kappa shape index (κ3) is 3.15. The molecular formula is C10H13NO2. The van der Waals surface area contributed by atoms with Crippen molar-refractivity contribution in [2.75, 3.05) is 14.2 Å². The van der Waals surface area contributed by atoms with E-state index >= 15 is 0 Å². The molecule has 3 heteroatoms. The highest BCUT2D eigenvalue weighted by Gasteiger charge is 1.93. The van der Waals surface area contributed by atoms with Gasteiger partial charge in [-0.25, -0.2) is 0 Å². The van der Waals surface area contributed by atoms with Gasteiger partial charge in [-0.2, -0.15) is 0 Å². The van der Waals surface area contributed by atoms with Gasteiger partial charge in [0.1, 0.15) is 12.9 Å². The molecule has 1 rings (SSSR count). The van der Waals surface area contributed by atoms with E-state index < -0.39 is 0 Å². The fourth-order valence-electron chi connectivity index (χ4n) is 1.02. The average molecular weight is 179 g/mol. The van der Waals surface area contributed by atoms with Crippen LogP contribution < -0.4 is 4.74 Å². The van der Waals surface area contributed by atoms with E-state index in [1.807, 2.05) is 24.3 Å². The average Bonchev–Trinajstić information content (AvgIpc) is 2.19. The summed E-state index contributed by atoms with van der Waals surface area (Å²) in [6, 6.07) is 7.86. The first-order chi connectivity index (χ1) is 6.36. The van der Waals surface area contributed by atoms with Crippen molar-refractivity contribution in [1.82, 2.24) is 0 Å².